The number of allylic oxidation sites excluding steroid dienone is 1. The highest BCUT2D eigenvalue weighted by Gasteiger charge is 2.31. The zero-order valence-electron chi connectivity index (χ0n) is 19.8. The van der Waals surface area contributed by atoms with Gasteiger partial charge in [-0.05, 0) is 80.1 Å². The molecule has 0 aliphatic heterocycles. The number of carbonyl (C=O) groups excluding carboxylic acids is 1. The molecule has 0 fully saturated rings. The fourth-order valence-corrected chi connectivity index (χ4v) is 4.96. The van der Waals surface area contributed by atoms with E-state index in [-0.39, 0.29) is 29.4 Å². The van der Waals surface area contributed by atoms with Gasteiger partial charge in [0.15, 0.2) is 0 Å². The normalized spacial score (nSPS) is 12.2. The molecular formula is C25H23F4N3O4S. The van der Waals surface area contributed by atoms with Crippen molar-refractivity contribution in [1.82, 2.24) is 14.6 Å². The van der Waals surface area contributed by atoms with Gasteiger partial charge in [0.25, 0.3) is 15.9 Å². The van der Waals surface area contributed by atoms with Crippen molar-refractivity contribution in [3.63, 3.8) is 0 Å². The largest absolute Gasteiger partial charge is 0.573 e. The van der Waals surface area contributed by atoms with Gasteiger partial charge in [-0.1, -0.05) is 6.08 Å². The van der Waals surface area contributed by atoms with Gasteiger partial charge in [0.2, 0.25) is 0 Å². The van der Waals surface area contributed by atoms with E-state index in [0.717, 1.165) is 40.7 Å². The van der Waals surface area contributed by atoms with Gasteiger partial charge in [-0.2, -0.15) is 0 Å². The van der Waals surface area contributed by atoms with Crippen molar-refractivity contribution >= 4 is 15.9 Å². The number of halogens is 4. The molecular weight excluding hydrogens is 514 g/mol. The Kier molecular flexibility index (Phi) is 8.53. The first-order chi connectivity index (χ1) is 17.4. The van der Waals surface area contributed by atoms with Crippen LogP contribution in [0.3, 0.4) is 0 Å². The standard InChI is InChI=1S/C25H23F4N3O4S/c1-3-23(32(4-2)37(34,35)21-11-7-19(26)8-12-21)24(33)31-16-17-13-14-30-22(15-17)18-5-9-20(10-6-18)36-25(27,28)29/h3,5-15H,4,16H2,1-2H3,(H,31,33). The monoisotopic (exact) mass is 537 g/mol. The second-order valence-corrected chi connectivity index (χ2v) is 9.46. The predicted molar refractivity (Wildman–Crippen MR) is 128 cm³/mol. The first-order valence-electron chi connectivity index (χ1n) is 11.0. The van der Waals surface area contributed by atoms with Gasteiger partial charge in [-0.3, -0.25) is 14.1 Å². The number of alkyl halides is 3. The topological polar surface area (TPSA) is 88.6 Å². The molecule has 0 radical (unpaired) electrons. The lowest BCUT2D eigenvalue weighted by atomic mass is 10.1. The van der Waals surface area contributed by atoms with E-state index >= 15 is 0 Å². The molecule has 0 atom stereocenters. The maximum Gasteiger partial charge on any atom is 0.573 e. The lowest BCUT2D eigenvalue weighted by Crippen LogP contribution is -2.38. The maximum atomic E-state index is 13.3. The van der Waals surface area contributed by atoms with Gasteiger partial charge in [0, 0.05) is 24.8 Å². The Morgan fingerprint density at radius 1 is 1.08 bits per heavy atom. The van der Waals surface area contributed by atoms with Crippen molar-refractivity contribution in [1.29, 1.82) is 0 Å². The highest BCUT2D eigenvalue weighted by molar-refractivity contribution is 7.89. The van der Waals surface area contributed by atoms with Crippen molar-refractivity contribution < 1.29 is 35.5 Å². The van der Waals surface area contributed by atoms with Crippen LogP contribution in [0.1, 0.15) is 19.4 Å². The molecule has 7 nitrogen and oxygen atoms in total. The summed E-state index contributed by atoms with van der Waals surface area (Å²) in [6, 6.07) is 12.7. The molecule has 0 aliphatic carbocycles. The zero-order chi connectivity index (χ0) is 27.2. The minimum absolute atomic E-state index is 0.0229. The van der Waals surface area contributed by atoms with Crippen LogP contribution >= 0.6 is 0 Å². The number of hydrogen-bond donors (Lipinski definition) is 1. The number of amides is 1. The smallest absolute Gasteiger partial charge is 0.406 e. The van der Waals surface area contributed by atoms with E-state index in [4.69, 9.17) is 0 Å². The summed E-state index contributed by atoms with van der Waals surface area (Å²) < 4.78 is 81.3. The summed E-state index contributed by atoms with van der Waals surface area (Å²) in [7, 11) is -4.12. The Morgan fingerprint density at radius 2 is 1.73 bits per heavy atom. The summed E-state index contributed by atoms with van der Waals surface area (Å²) in [5.74, 6) is -1.61. The highest BCUT2D eigenvalue weighted by atomic mass is 32.2. The number of likely N-dealkylation sites (N-methyl/N-ethyl adjacent to an activating group) is 1. The average molecular weight is 538 g/mol. The zero-order valence-corrected chi connectivity index (χ0v) is 20.6. The molecule has 0 saturated carbocycles. The Hall–Kier alpha value is -3.93. The summed E-state index contributed by atoms with van der Waals surface area (Å²) in [5, 5.41) is 2.66. The van der Waals surface area contributed by atoms with Gasteiger partial charge in [0.1, 0.15) is 17.3 Å². The summed E-state index contributed by atoms with van der Waals surface area (Å²) in [6.45, 7) is 3.07. The SMILES string of the molecule is CC=C(C(=O)NCc1ccnc(-c2ccc(OC(F)(F)F)cc2)c1)N(CC)S(=O)(=O)c1ccc(F)cc1. The van der Waals surface area contributed by atoms with Gasteiger partial charge < -0.3 is 10.1 Å². The third kappa shape index (κ3) is 7.06. The summed E-state index contributed by atoms with van der Waals surface area (Å²) in [5.41, 5.74) is 1.49. The summed E-state index contributed by atoms with van der Waals surface area (Å²) >= 11 is 0. The van der Waals surface area contributed by atoms with E-state index in [0.29, 0.717) is 16.8 Å². The van der Waals surface area contributed by atoms with Crippen LogP contribution in [0.25, 0.3) is 11.3 Å². The second-order valence-electron chi connectivity index (χ2n) is 7.60. The third-order valence-corrected chi connectivity index (χ3v) is 7.03. The predicted octanol–water partition coefficient (Wildman–Crippen LogP) is 5.02. The Labute approximate surface area is 211 Å². The minimum atomic E-state index is -4.80. The van der Waals surface area contributed by atoms with Gasteiger partial charge in [-0.25, -0.2) is 12.8 Å². The fraction of sp³-hybridized carbons (Fsp3) is 0.200. The summed E-state index contributed by atoms with van der Waals surface area (Å²) in [4.78, 5) is 17.0. The fourth-order valence-electron chi connectivity index (χ4n) is 3.43. The number of sulfonamides is 1. The molecule has 1 N–H and O–H groups in total. The quantitative estimate of drug-likeness (QED) is 0.306. The number of benzene rings is 2. The molecule has 0 unspecified atom stereocenters. The first-order valence-corrected chi connectivity index (χ1v) is 12.4. The molecule has 2 aromatic carbocycles. The average Bonchev–Trinajstić information content (AvgIpc) is 2.85. The maximum absolute atomic E-state index is 13.3. The van der Waals surface area contributed by atoms with Crippen LogP contribution in [-0.4, -0.2) is 36.5 Å². The van der Waals surface area contributed by atoms with Crippen LogP contribution in [-0.2, 0) is 21.4 Å². The van der Waals surface area contributed by atoms with E-state index < -0.39 is 28.1 Å². The first kappa shape index (κ1) is 27.7. The van der Waals surface area contributed by atoms with E-state index in [1.54, 1.807) is 19.1 Å². The number of hydrogen-bond acceptors (Lipinski definition) is 5. The van der Waals surface area contributed by atoms with E-state index in [9.17, 15) is 30.8 Å². The summed E-state index contributed by atoms with van der Waals surface area (Å²) in [6.07, 6.45) is -1.96. The molecule has 0 aliphatic rings. The molecule has 1 aromatic heterocycles. The number of ether oxygens (including phenoxy) is 1. The van der Waals surface area contributed by atoms with Gasteiger partial charge in [-0.15, -0.1) is 13.2 Å². The van der Waals surface area contributed by atoms with Crippen molar-refractivity contribution in [2.75, 3.05) is 6.54 Å². The number of nitrogens with zero attached hydrogens (tertiary/aromatic N) is 2. The Morgan fingerprint density at radius 3 is 2.30 bits per heavy atom. The lowest BCUT2D eigenvalue weighted by Gasteiger charge is -2.25. The van der Waals surface area contributed by atoms with E-state index in [1.165, 1.54) is 31.3 Å². The lowest BCUT2D eigenvalue weighted by molar-refractivity contribution is -0.274. The van der Waals surface area contributed by atoms with E-state index in [2.05, 4.69) is 15.0 Å². The molecule has 0 spiro atoms. The second kappa shape index (κ2) is 11.4. The van der Waals surface area contributed by atoms with Gasteiger partial charge >= 0.3 is 6.36 Å². The van der Waals surface area contributed by atoms with Crippen molar-refractivity contribution in [3.05, 3.63) is 90.0 Å². The van der Waals surface area contributed by atoms with Crippen molar-refractivity contribution in [2.24, 2.45) is 0 Å². The molecule has 3 rings (SSSR count). The van der Waals surface area contributed by atoms with Crippen LogP contribution in [0, 0.1) is 5.82 Å². The van der Waals surface area contributed by atoms with Crippen LogP contribution in [0.5, 0.6) is 5.75 Å². The third-order valence-electron chi connectivity index (χ3n) is 5.12. The number of rotatable bonds is 9. The number of carbonyl (C=O) groups is 1. The molecule has 1 heterocycles. The molecule has 37 heavy (non-hydrogen) atoms. The van der Waals surface area contributed by atoms with Crippen LogP contribution in [0.2, 0.25) is 0 Å². The number of pyridine rings is 1. The molecule has 0 bridgehead atoms. The van der Waals surface area contributed by atoms with Crippen molar-refractivity contribution in [3.8, 4) is 17.0 Å². The molecule has 1 amide bonds. The minimum Gasteiger partial charge on any atom is -0.406 e. The van der Waals surface area contributed by atoms with Crippen LogP contribution in [0.15, 0.2) is 83.5 Å². The number of aromatic nitrogens is 1. The van der Waals surface area contributed by atoms with Crippen LogP contribution < -0.4 is 10.1 Å². The van der Waals surface area contributed by atoms with Crippen LogP contribution in [0.4, 0.5) is 17.6 Å². The Balaban J connectivity index is 1.73. The van der Waals surface area contributed by atoms with Gasteiger partial charge in [0.05, 0.1) is 10.6 Å². The molecule has 0 saturated heterocycles. The molecule has 12 heteroatoms. The molecule has 3 aromatic rings. The van der Waals surface area contributed by atoms with E-state index in [1.807, 2.05) is 0 Å². The van der Waals surface area contributed by atoms with Crippen molar-refractivity contribution in [2.45, 2.75) is 31.7 Å². The molecule has 196 valence electrons. The highest BCUT2D eigenvalue weighted by Crippen LogP contribution is 2.26. The number of nitrogens with one attached hydrogen (secondary N) is 1. The Bertz CT molecular complexity index is 1370.